The van der Waals surface area contributed by atoms with Gasteiger partial charge in [-0.3, -0.25) is 0 Å². The van der Waals surface area contributed by atoms with Crippen molar-refractivity contribution in [2.75, 3.05) is 0 Å². The summed E-state index contributed by atoms with van der Waals surface area (Å²) in [6, 6.07) is 0. The van der Waals surface area contributed by atoms with Crippen LogP contribution in [0.1, 0.15) is 6.42 Å². The highest BCUT2D eigenvalue weighted by atomic mass is 19.1. The molecule has 0 aromatic rings. The zero-order valence-corrected chi connectivity index (χ0v) is 4.60. The second-order valence-electron chi connectivity index (χ2n) is 1.74. The minimum absolute atomic E-state index is 0.144. The van der Waals surface area contributed by atoms with Gasteiger partial charge in [0.15, 0.2) is 0 Å². The quantitative estimate of drug-likeness (QED) is 0.577. The van der Waals surface area contributed by atoms with Gasteiger partial charge in [-0.2, -0.15) is 0 Å². The second-order valence-corrected chi connectivity index (χ2v) is 1.74. The molecule has 0 atom stereocenters. The Morgan fingerprint density at radius 1 is 1.78 bits per heavy atom. The highest BCUT2D eigenvalue weighted by Gasteiger charge is 2.14. The highest BCUT2D eigenvalue weighted by molar-refractivity contribution is 5.88. The Kier molecular flexibility index (Phi) is 1.34. The van der Waals surface area contributed by atoms with Gasteiger partial charge in [-0.05, 0) is 6.08 Å². The van der Waals surface area contributed by atoms with Gasteiger partial charge in [-0.25, -0.2) is 9.18 Å². The van der Waals surface area contributed by atoms with E-state index in [1.54, 1.807) is 0 Å². The lowest BCUT2D eigenvalue weighted by Crippen LogP contribution is -1.98. The number of carbonyl (C=O) groups is 1. The molecule has 9 heavy (non-hydrogen) atoms. The van der Waals surface area contributed by atoms with Gasteiger partial charge in [0, 0.05) is 6.42 Å². The summed E-state index contributed by atoms with van der Waals surface area (Å²) in [7, 11) is 0. The van der Waals surface area contributed by atoms with Crippen molar-refractivity contribution in [1.29, 1.82) is 0 Å². The van der Waals surface area contributed by atoms with Crippen LogP contribution in [0.25, 0.3) is 0 Å². The monoisotopic (exact) mass is 128 g/mol. The first-order chi connectivity index (χ1) is 4.22. The standard InChI is InChI=1S/C6H5FO2/c7-5-3-1-2-4(5)6(8)9/h1,3H,2H2,(H,8,9). The van der Waals surface area contributed by atoms with Gasteiger partial charge in [-0.1, -0.05) is 6.08 Å². The summed E-state index contributed by atoms with van der Waals surface area (Å²) in [4.78, 5) is 10.1. The molecule has 0 aromatic carbocycles. The Morgan fingerprint density at radius 3 is 2.67 bits per heavy atom. The summed E-state index contributed by atoms with van der Waals surface area (Å²) >= 11 is 0. The topological polar surface area (TPSA) is 37.3 Å². The van der Waals surface area contributed by atoms with Crippen LogP contribution in [-0.4, -0.2) is 11.1 Å². The Labute approximate surface area is 51.3 Å². The summed E-state index contributed by atoms with van der Waals surface area (Å²) in [5.41, 5.74) is -0.144. The molecule has 0 saturated carbocycles. The molecule has 0 bridgehead atoms. The predicted molar refractivity (Wildman–Crippen MR) is 29.5 cm³/mol. The molecule has 1 aliphatic carbocycles. The number of carboxylic acid groups (broad SMARTS) is 1. The van der Waals surface area contributed by atoms with Crippen LogP contribution in [0.2, 0.25) is 0 Å². The van der Waals surface area contributed by atoms with Crippen molar-refractivity contribution in [3.8, 4) is 0 Å². The van der Waals surface area contributed by atoms with Crippen LogP contribution in [0.5, 0.6) is 0 Å². The third kappa shape index (κ3) is 0.988. The second kappa shape index (κ2) is 2.01. The molecular weight excluding hydrogens is 123 g/mol. The summed E-state index contributed by atoms with van der Waals surface area (Å²) in [6.45, 7) is 0. The molecule has 0 aromatic heterocycles. The van der Waals surface area contributed by atoms with Crippen LogP contribution >= 0.6 is 0 Å². The van der Waals surface area contributed by atoms with Crippen molar-refractivity contribution in [3.63, 3.8) is 0 Å². The van der Waals surface area contributed by atoms with Crippen molar-refractivity contribution in [2.45, 2.75) is 6.42 Å². The van der Waals surface area contributed by atoms with E-state index in [4.69, 9.17) is 5.11 Å². The van der Waals surface area contributed by atoms with Crippen LogP contribution in [0.15, 0.2) is 23.6 Å². The number of hydrogen-bond acceptors (Lipinski definition) is 1. The molecular formula is C6H5FO2. The number of hydrogen-bond donors (Lipinski definition) is 1. The third-order valence-corrected chi connectivity index (χ3v) is 1.13. The highest BCUT2D eigenvalue weighted by Crippen LogP contribution is 2.19. The molecule has 0 saturated heterocycles. The molecule has 1 rings (SSSR count). The summed E-state index contributed by atoms with van der Waals surface area (Å²) < 4.78 is 12.3. The van der Waals surface area contributed by atoms with Gasteiger partial charge in [0.25, 0.3) is 0 Å². The molecule has 48 valence electrons. The maximum atomic E-state index is 12.3. The third-order valence-electron chi connectivity index (χ3n) is 1.13. The lowest BCUT2D eigenvalue weighted by atomic mass is 10.2. The normalized spacial score (nSPS) is 17.0. The summed E-state index contributed by atoms with van der Waals surface area (Å²) in [5, 5.41) is 8.25. The summed E-state index contributed by atoms with van der Waals surface area (Å²) in [6.07, 6.45) is 2.86. The van der Waals surface area contributed by atoms with Crippen molar-refractivity contribution < 1.29 is 14.3 Å². The molecule has 0 spiro atoms. The van der Waals surface area contributed by atoms with Crippen LogP contribution in [-0.2, 0) is 4.79 Å². The molecule has 1 aliphatic rings. The number of rotatable bonds is 1. The van der Waals surface area contributed by atoms with Gasteiger partial charge in [0.05, 0.1) is 5.57 Å². The fourth-order valence-corrected chi connectivity index (χ4v) is 0.668. The SMILES string of the molecule is O=C(O)C1=C(F)C=CC1. The first-order valence-corrected chi connectivity index (χ1v) is 2.50. The first kappa shape index (κ1) is 6.01. The van der Waals surface area contributed by atoms with E-state index in [2.05, 4.69) is 0 Å². The molecule has 0 radical (unpaired) electrons. The van der Waals surface area contributed by atoms with Crippen LogP contribution in [0.4, 0.5) is 4.39 Å². The molecule has 0 amide bonds. The Morgan fingerprint density at radius 2 is 2.44 bits per heavy atom. The molecule has 0 heterocycles. The molecule has 0 unspecified atom stereocenters. The van der Waals surface area contributed by atoms with Crippen LogP contribution in [0.3, 0.4) is 0 Å². The van der Waals surface area contributed by atoms with Gasteiger partial charge in [0.1, 0.15) is 5.83 Å². The zero-order valence-electron chi connectivity index (χ0n) is 4.60. The van der Waals surface area contributed by atoms with E-state index in [1.165, 1.54) is 12.2 Å². The van der Waals surface area contributed by atoms with Crippen molar-refractivity contribution in [1.82, 2.24) is 0 Å². The van der Waals surface area contributed by atoms with E-state index >= 15 is 0 Å². The number of aliphatic carboxylic acids is 1. The minimum atomic E-state index is -1.17. The first-order valence-electron chi connectivity index (χ1n) is 2.50. The molecule has 1 N–H and O–H groups in total. The van der Waals surface area contributed by atoms with Crippen molar-refractivity contribution >= 4 is 5.97 Å². The average molecular weight is 128 g/mol. The molecule has 0 aliphatic heterocycles. The Balaban J connectivity index is 2.85. The molecule has 3 heteroatoms. The number of carboxylic acids is 1. The zero-order chi connectivity index (χ0) is 6.85. The summed E-state index contributed by atoms with van der Waals surface area (Å²) in [5.74, 6) is -1.79. The number of allylic oxidation sites excluding steroid dienone is 3. The van der Waals surface area contributed by atoms with Crippen LogP contribution < -0.4 is 0 Å². The van der Waals surface area contributed by atoms with Gasteiger partial charge < -0.3 is 5.11 Å². The van der Waals surface area contributed by atoms with E-state index < -0.39 is 11.8 Å². The van der Waals surface area contributed by atoms with E-state index in [1.807, 2.05) is 0 Å². The number of halogens is 1. The van der Waals surface area contributed by atoms with E-state index in [0.717, 1.165) is 0 Å². The molecule has 2 nitrogen and oxygen atoms in total. The lowest BCUT2D eigenvalue weighted by molar-refractivity contribution is -0.132. The lowest BCUT2D eigenvalue weighted by Gasteiger charge is -1.89. The van der Waals surface area contributed by atoms with Crippen LogP contribution in [0, 0.1) is 0 Å². The fraction of sp³-hybridized carbons (Fsp3) is 0.167. The minimum Gasteiger partial charge on any atom is -0.478 e. The Bertz CT molecular complexity index is 203. The fourth-order valence-electron chi connectivity index (χ4n) is 0.668. The largest absolute Gasteiger partial charge is 0.478 e. The smallest absolute Gasteiger partial charge is 0.334 e. The van der Waals surface area contributed by atoms with E-state index in [-0.39, 0.29) is 12.0 Å². The van der Waals surface area contributed by atoms with Gasteiger partial charge >= 0.3 is 5.97 Å². The van der Waals surface area contributed by atoms with Crippen molar-refractivity contribution in [3.05, 3.63) is 23.6 Å². The maximum absolute atomic E-state index is 12.3. The van der Waals surface area contributed by atoms with E-state index in [9.17, 15) is 9.18 Å². The van der Waals surface area contributed by atoms with Gasteiger partial charge in [-0.15, -0.1) is 0 Å². The maximum Gasteiger partial charge on any atom is 0.334 e. The average Bonchev–Trinajstić information content (AvgIpc) is 2.13. The predicted octanol–water partition coefficient (Wildman–Crippen LogP) is 1.25. The van der Waals surface area contributed by atoms with E-state index in [0.29, 0.717) is 0 Å². The molecule has 0 fully saturated rings. The van der Waals surface area contributed by atoms with Gasteiger partial charge in [0.2, 0.25) is 0 Å². The Hall–Kier alpha value is -1.12. The van der Waals surface area contributed by atoms with Crippen molar-refractivity contribution in [2.24, 2.45) is 0 Å².